The molecule has 0 saturated carbocycles. The summed E-state index contributed by atoms with van der Waals surface area (Å²) in [6, 6.07) is 3.64. The number of guanidine groups is 1. The van der Waals surface area contributed by atoms with Gasteiger partial charge in [0.15, 0.2) is 5.96 Å². The Morgan fingerprint density at radius 3 is 2.57 bits per heavy atom. The van der Waals surface area contributed by atoms with Crippen LogP contribution in [-0.4, -0.2) is 40.6 Å². The molecule has 0 aliphatic rings. The van der Waals surface area contributed by atoms with Crippen molar-refractivity contribution in [1.82, 2.24) is 15.4 Å². The highest BCUT2D eigenvalue weighted by atomic mass is 32.2. The molecule has 1 atom stereocenters. The molecule has 8 heteroatoms. The van der Waals surface area contributed by atoms with Gasteiger partial charge in [-0.15, -0.1) is 11.3 Å². The topological polar surface area (TPSA) is 82.6 Å². The third-order valence-electron chi connectivity index (χ3n) is 3.25. The number of nitrogens with one attached hydrogen (secondary N) is 3. The number of thiophene rings is 1. The normalized spacial score (nSPS) is 14.0. The first-order valence-electron chi connectivity index (χ1n) is 7.85. The molecule has 0 saturated heterocycles. The van der Waals surface area contributed by atoms with Gasteiger partial charge in [-0.25, -0.2) is 13.1 Å². The number of aliphatic imine (C=N–C) groups is 1. The Balaban J connectivity index is 2.30. The van der Waals surface area contributed by atoms with Crippen molar-refractivity contribution in [3.05, 3.63) is 17.5 Å². The zero-order chi connectivity index (χ0) is 17.3. The Morgan fingerprint density at radius 1 is 1.26 bits per heavy atom. The summed E-state index contributed by atoms with van der Waals surface area (Å²) in [5.74, 6) is 1.37. The van der Waals surface area contributed by atoms with Crippen molar-refractivity contribution in [3.8, 4) is 0 Å². The summed E-state index contributed by atoms with van der Waals surface area (Å²) >= 11 is 1.21. The fourth-order valence-electron chi connectivity index (χ4n) is 1.94. The van der Waals surface area contributed by atoms with Gasteiger partial charge in [0.1, 0.15) is 4.21 Å². The molecule has 1 unspecified atom stereocenters. The number of hydrogen-bond acceptors (Lipinski definition) is 4. The molecular weight excluding hydrogens is 332 g/mol. The molecule has 0 aliphatic carbocycles. The van der Waals surface area contributed by atoms with Crippen LogP contribution in [0, 0.1) is 5.92 Å². The second-order valence-corrected chi connectivity index (χ2v) is 8.79. The minimum Gasteiger partial charge on any atom is -0.355 e. The molecule has 1 aromatic heterocycles. The first-order chi connectivity index (χ1) is 10.8. The van der Waals surface area contributed by atoms with E-state index in [-0.39, 0.29) is 0 Å². The van der Waals surface area contributed by atoms with Crippen LogP contribution in [0.5, 0.6) is 0 Å². The van der Waals surface area contributed by atoms with Gasteiger partial charge in [0.05, 0.1) is 0 Å². The van der Waals surface area contributed by atoms with Crippen LogP contribution in [0.3, 0.4) is 0 Å². The summed E-state index contributed by atoms with van der Waals surface area (Å²) in [4.78, 5) is 4.16. The fourth-order valence-corrected chi connectivity index (χ4v) is 4.01. The summed E-state index contributed by atoms with van der Waals surface area (Å²) < 4.78 is 26.8. The van der Waals surface area contributed by atoms with Crippen LogP contribution in [0.2, 0.25) is 0 Å². The molecule has 23 heavy (non-hydrogen) atoms. The molecule has 0 fully saturated rings. The molecule has 0 spiro atoms. The average Bonchev–Trinajstić information content (AvgIpc) is 3.03. The van der Waals surface area contributed by atoms with Crippen LogP contribution in [-0.2, 0) is 10.0 Å². The lowest BCUT2D eigenvalue weighted by molar-refractivity contribution is 0.489. The van der Waals surface area contributed by atoms with Crippen molar-refractivity contribution in [3.63, 3.8) is 0 Å². The van der Waals surface area contributed by atoms with Gasteiger partial charge in [0.2, 0.25) is 10.0 Å². The van der Waals surface area contributed by atoms with Crippen molar-refractivity contribution in [2.45, 2.75) is 43.9 Å². The van der Waals surface area contributed by atoms with E-state index in [1.165, 1.54) is 11.3 Å². The lowest BCUT2D eigenvalue weighted by Gasteiger charge is -2.18. The summed E-state index contributed by atoms with van der Waals surface area (Å²) in [5, 5.41) is 8.18. The van der Waals surface area contributed by atoms with E-state index in [4.69, 9.17) is 0 Å². The molecule has 1 aromatic rings. The molecule has 0 bridgehead atoms. The van der Waals surface area contributed by atoms with Gasteiger partial charge in [0, 0.05) is 26.2 Å². The largest absolute Gasteiger partial charge is 0.355 e. The minimum absolute atomic E-state index is 0.307. The smallest absolute Gasteiger partial charge is 0.250 e. The van der Waals surface area contributed by atoms with Crippen molar-refractivity contribution in [2.24, 2.45) is 10.9 Å². The molecule has 0 amide bonds. The molecular formula is C15H28N4O2S2. The average molecular weight is 361 g/mol. The predicted octanol–water partition coefficient (Wildman–Crippen LogP) is 2.02. The Kier molecular flexibility index (Phi) is 8.57. The van der Waals surface area contributed by atoms with Gasteiger partial charge >= 0.3 is 0 Å². The maximum absolute atomic E-state index is 12.0. The van der Waals surface area contributed by atoms with Crippen LogP contribution >= 0.6 is 11.3 Å². The van der Waals surface area contributed by atoms with Crippen molar-refractivity contribution >= 4 is 27.3 Å². The first-order valence-corrected chi connectivity index (χ1v) is 10.2. The summed E-state index contributed by atoms with van der Waals surface area (Å²) in [6.07, 6.45) is 2.23. The molecule has 132 valence electrons. The van der Waals surface area contributed by atoms with Crippen LogP contribution in [0.1, 0.15) is 33.6 Å². The van der Waals surface area contributed by atoms with Crippen LogP contribution < -0.4 is 15.4 Å². The van der Waals surface area contributed by atoms with Gasteiger partial charge in [-0.05, 0) is 37.1 Å². The number of sulfonamides is 1. The molecule has 6 nitrogen and oxygen atoms in total. The predicted molar refractivity (Wildman–Crippen MR) is 97.5 cm³/mol. The summed E-state index contributed by atoms with van der Waals surface area (Å²) in [7, 11) is -1.69. The fraction of sp³-hybridized carbons (Fsp3) is 0.667. The summed E-state index contributed by atoms with van der Waals surface area (Å²) in [5.41, 5.74) is 0. The Hall–Kier alpha value is -1.12. The van der Waals surface area contributed by atoms with Crippen molar-refractivity contribution in [1.29, 1.82) is 0 Å². The highest BCUT2D eigenvalue weighted by Crippen LogP contribution is 2.14. The molecule has 0 aromatic carbocycles. The van der Waals surface area contributed by atoms with E-state index in [2.05, 4.69) is 41.1 Å². The second-order valence-electron chi connectivity index (χ2n) is 5.85. The van der Waals surface area contributed by atoms with E-state index >= 15 is 0 Å². The number of rotatable bonds is 9. The van der Waals surface area contributed by atoms with Gasteiger partial charge in [-0.1, -0.05) is 19.9 Å². The molecule has 3 N–H and O–H groups in total. The maximum atomic E-state index is 12.0. The van der Waals surface area contributed by atoms with Crippen molar-refractivity contribution in [2.75, 3.05) is 20.1 Å². The minimum atomic E-state index is -3.39. The van der Waals surface area contributed by atoms with Crippen molar-refractivity contribution < 1.29 is 8.42 Å². The van der Waals surface area contributed by atoms with E-state index in [1.807, 2.05) is 0 Å². The standard InChI is InChI=1S/C15H28N4O2S2/c1-12(2)7-8-13(3)19-15(16-4)17-9-10-18-23(20,21)14-6-5-11-22-14/h5-6,11-13,18H,7-10H2,1-4H3,(H2,16,17,19). The van der Waals surface area contributed by atoms with E-state index in [9.17, 15) is 8.42 Å². The van der Waals surface area contributed by atoms with E-state index in [0.29, 0.717) is 35.2 Å². The van der Waals surface area contributed by atoms with Gasteiger partial charge in [-0.2, -0.15) is 0 Å². The number of nitrogens with zero attached hydrogens (tertiary/aromatic N) is 1. The van der Waals surface area contributed by atoms with Crippen LogP contribution in [0.4, 0.5) is 0 Å². The Bertz CT molecular complexity index is 568. The molecule has 1 rings (SSSR count). The lowest BCUT2D eigenvalue weighted by Crippen LogP contribution is -2.44. The van der Waals surface area contributed by atoms with Crippen LogP contribution in [0.25, 0.3) is 0 Å². The third-order valence-corrected chi connectivity index (χ3v) is 6.11. The van der Waals surface area contributed by atoms with E-state index in [1.54, 1.807) is 24.6 Å². The summed E-state index contributed by atoms with van der Waals surface area (Å²) in [6.45, 7) is 7.32. The second kappa shape index (κ2) is 9.89. The molecule has 1 heterocycles. The van der Waals surface area contributed by atoms with E-state index in [0.717, 1.165) is 12.8 Å². The molecule has 0 radical (unpaired) electrons. The highest BCUT2D eigenvalue weighted by Gasteiger charge is 2.14. The lowest BCUT2D eigenvalue weighted by atomic mass is 10.0. The Morgan fingerprint density at radius 2 is 2.00 bits per heavy atom. The van der Waals surface area contributed by atoms with Gasteiger partial charge in [0.25, 0.3) is 0 Å². The quantitative estimate of drug-likeness (QED) is 0.357. The maximum Gasteiger partial charge on any atom is 0.250 e. The van der Waals surface area contributed by atoms with Crippen LogP contribution in [0.15, 0.2) is 26.7 Å². The number of hydrogen-bond donors (Lipinski definition) is 3. The van der Waals surface area contributed by atoms with Gasteiger partial charge in [-0.3, -0.25) is 4.99 Å². The highest BCUT2D eigenvalue weighted by molar-refractivity contribution is 7.91. The zero-order valence-corrected chi connectivity index (χ0v) is 15.9. The SMILES string of the molecule is CN=C(NCCNS(=O)(=O)c1cccs1)NC(C)CCC(C)C. The zero-order valence-electron chi connectivity index (χ0n) is 14.3. The third kappa shape index (κ3) is 7.81. The molecule has 0 aliphatic heterocycles. The van der Waals surface area contributed by atoms with E-state index < -0.39 is 10.0 Å². The monoisotopic (exact) mass is 360 g/mol. The van der Waals surface area contributed by atoms with Gasteiger partial charge < -0.3 is 10.6 Å². The first kappa shape index (κ1) is 19.9. The Labute approximate surface area is 143 Å².